The van der Waals surface area contributed by atoms with Gasteiger partial charge in [0.25, 0.3) is 5.56 Å². The van der Waals surface area contributed by atoms with Crippen LogP contribution >= 0.6 is 0 Å². The second-order valence-electron chi connectivity index (χ2n) is 5.82. The molecule has 0 saturated heterocycles. The number of para-hydroxylation sites is 1. The van der Waals surface area contributed by atoms with Crippen molar-refractivity contribution in [2.24, 2.45) is 0 Å². The smallest absolute Gasteiger partial charge is 0.256 e. The van der Waals surface area contributed by atoms with Crippen LogP contribution in [0.4, 0.5) is 5.69 Å². The highest BCUT2D eigenvalue weighted by molar-refractivity contribution is 5.92. The Labute approximate surface area is 123 Å². The third-order valence-electron chi connectivity index (χ3n) is 4.55. The van der Waals surface area contributed by atoms with E-state index in [4.69, 9.17) is 0 Å². The van der Waals surface area contributed by atoms with Gasteiger partial charge in [-0.3, -0.25) is 14.1 Å². The largest absolute Gasteiger partial charge is 0.297 e. The summed E-state index contributed by atoms with van der Waals surface area (Å²) in [4.78, 5) is 13.8. The van der Waals surface area contributed by atoms with Crippen molar-refractivity contribution in [3.8, 4) is 0 Å². The molecule has 1 unspecified atom stereocenters. The van der Waals surface area contributed by atoms with Crippen LogP contribution in [0.3, 0.4) is 0 Å². The van der Waals surface area contributed by atoms with Crippen LogP contribution in [0.15, 0.2) is 41.2 Å². The molecule has 3 nitrogen and oxygen atoms in total. The summed E-state index contributed by atoms with van der Waals surface area (Å²) in [6, 6.07) is 12.0. The molecule has 0 spiro atoms. The number of rotatable bonds is 3. The Morgan fingerprint density at radius 2 is 2.05 bits per heavy atom. The van der Waals surface area contributed by atoms with Crippen molar-refractivity contribution in [1.82, 2.24) is 4.40 Å². The molecule has 0 radical (unpaired) electrons. The summed E-state index contributed by atoms with van der Waals surface area (Å²) in [7, 11) is 0. The Hall–Kier alpha value is -2.13. The van der Waals surface area contributed by atoms with E-state index in [-0.39, 0.29) is 5.56 Å². The van der Waals surface area contributed by atoms with Gasteiger partial charge in [0.05, 0.1) is 12.1 Å². The van der Waals surface area contributed by atoms with Gasteiger partial charge in [0, 0.05) is 22.7 Å². The maximum atomic E-state index is 12.4. The first-order valence-corrected chi connectivity index (χ1v) is 7.72. The molecule has 3 heterocycles. The van der Waals surface area contributed by atoms with Crippen molar-refractivity contribution in [2.75, 3.05) is 13.1 Å². The van der Waals surface area contributed by atoms with Gasteiger partial charge in [0.1, 0.15) is 12.1 Å². The number of pyridine rings is 1. The molecule has 3 heteroatoms. The van der Waals surface area contributed by atoms with Gasteiger partial charge in [-0.2, -0.15) is 0 Å². The third-order valence-corrected chi connectivity index (χ3v) is 4.55. The molecule has 0 aliphatic carbocycles. The zero-order valence-corrected chi connectivity index (χ0v) is 12.2. The van der Waals surface area contributed by atoms with Crippen LogP contribution in [0.25, 0.3) is 22.5 Å². The van der Waals surface area contributed by atoms with Gasteiger partial charge >= 0.3 is 0 Å². The second kappa shape index (κ2) is 4.71. The van der Waals surface area contributed by atoms with E-state index in [0.29, 0.717) is 0 Å². The van der Waals surface area contributed by atoms with Crippen LogP contribution in [-0.2, 0) is 0 Å². The van der Waals surface area contributed by atoms with Crippen LogP contribution < -0.4 is 15.7 Å². The quantitative estimate of drug-likeness (QED) is 0.768. The van der Waals surface area contributed by atoms with Crippen molar-refractivity contribution in [1.29, 1.82) is 0 Å². The summed E-state index contributed by atoms with van der Waals surface area (Å²) in [5.41, 5.74) is 3.49. The number of hydrogen-bond acceptors (Lipinski definition) is 1. The molecule has 1 aromatic carbocycles. The highest BCUT2D eigenvalue weighted by Gasteiger charge is 2.23. The van der Waals surface area contributed by atoms with Crippen LogP contribution in [-0.4, -0.2) is 17.5 Å². The molecule has 0 amide bonds. The molecular weight excluding hydrogens is 260 g/mol. The van der Waals surface area contributed by atoms with E-state index >= 15 is 0 Å². The van der Waals surface area contributed by atoms with E-state index in [0.717, 1.165) is 24.1 Å². The van der Waals surface area contributed by atoms with Gasteiger partial charge in [-0.1, -0.05) is 31.5 Å². The number of fused-ring (bicyclic) bond motifs is 3. The summed E-state index contributed by atoms with van der Waals surface area (Å²) in [5.74, 6) is 0. The average molecular weight is 279 g/mol. The van der Waals surface area contributed by atoms with Crippen molar-refractivity contribution in [3.05, 3.63) is 52.0 Å². The molecule has 0 saturated carbocycles. The molecule has 0 bridgehead atoms. The van der Waals surface area contributed by atoms with E-state index in [1.807, 2.05) is 28.7 Å². The first kappa shape index (κ1) is 12.6. The predicted molar refractivity (Wildman–Crippen MR) is 86.1 cm³/mol. The Morgan fingerprint density at radius 1 is 1.19 bits per heavy atom. The van der Waals surface area contributed by atoms with Crippen molar-refractivity contribution in [3.63, 3.8) is 0 Å². The predicted octanol–water partition coefficient (Wildman–Crippen LogP) is 1.28. The van der Waals surface area contributed by atoms with E-state index in [1.54, 1.807) is 6.07 Å². The van der Waals surface area contributed by atoms with Crippen molar-refractivity contribution in [2.45, 2.75) is 19.8 Å². The summed E-state index contributed by atoms with van der Waals surface area (Å²) < 4.78 is 1.89. The minimum absolute atomic E-state index is 0.0707. The number of nitrogens with zero attached hydrogens (tertiary/aromatic N) is 1. The fourth-order valence-corrected chi connectivity index (χ4v) is 3.52. The molecular formula is C18H19N2O+. The van der Waals surface area contributed by atoms with Gasteiger partial charge in [-0.15, -0.1) is 0 Å². The molecule has 4 rings (SSSR count). The van der Waals surface area contributed by atoms with Gasteiger partial charge in [-0.25, -0.2) is 0 Å². The number of aromatic nitrogens is 1. The number of benzene rings is 1. The minimum Gasteiger partial charge on any atom is -0.297 e. The molecule has 1 atom stereocenters. The zero-order chi connectivity index (χ0) is 14.4. The highest BCUT2D eigenvalue weighted by Crippen LogP contribution is 2.18. The van der Waals surface area contributed by atoms with Gasteiger partial charge in [0.15, 0.2) is 5.69 Å². The van der Waals surface area contributed by atoms with Crippen LogP contribution in [0.2, 0.25) is 0 Å². The van der Waals surface area contributed by atoms with Crippen LogP contribution in [0.5, 0.6) is 0 Å². The Kier molecular flexibility index (Phi) is 2.82. The first-order chi connectivity index (χ1) is 10.3. The van der Waals surface area contributed by atoms with E-state index in [1.165, 1.54) is 34.0 Å². The van der Waals surface area contributed by atoms with Crippen molar-refractivity contribution >= 4 is 28.2 Å². The fourth-order valence-electron chi connectivity index (χ4n) is 3.52. The number of unbranched alkanes of at least 4 members (excludes halogenated alkanes) is 1. The maximum absolute atomic E-state index is 12.4. The summed E-state index contributed by atoms with van der Waals surface area (Å²) in [6.45, 7) is 4.36. The first-order valence-electron chi connectivity index (χ1n) is 7.72. The molecule has 1 aliphatic heterocycles. The Bertz CT molecular complexity index is 939. The minimum atomic E-state index is 0.0707. The lowest BCUT2D eigenvalue weighted by molar-refractivity contribution is -0.823. The molecule has 2 aromatic heterocycles. The summed E-state index contributed by atoms with van der Waals surface area (Å²) in [5, 5.41) is 2.43. The molecule has 1 aliphatic rings. The highest BCUT2D eigenvalue weighted by atomic mass is 16.1. The van der Waals surface area contributed by atoms with Crippen LogP contribution in [0, 0.1) is 0 Å². The number of hydrogen-bond donors (Lipinski definition) is 1. The normalized spacial score (nSPS) is 17.3. The Morgan fingerprint density at radius 3 is 2.90 bits per heavy atom. The van der Waals surface area contributed by atoms with Crippen molar-refractivity contribution < 1.29 is 4.90 Å². The van der Waals surface area contributed by atoms with E-state index in [2.05, 4.69) is 19.1 Å². The molecule has 106 valence electrons. The van der Waals surface area contributed by atoms with E-state index in [9.17, 15) is 4.79 Å². The fraction of sp³-hybridized carbons (Fsp3) is 0.278. The molecule has 1 N–H and O–H groups in total. The number of quaternary nitrogens is 1. The average Bonchev–Trinajstić information content (AvgIpc) is 2.86. The standard InChI is InChI=1S/C18H18N2O/c1-2-3-11-19-12-10-14-13-6-4-5-7-15(13)20-17(21)9-8-16(19)18(14)20/h4-10H,2-3,11-12H2,1H3/p+1. The lowest BCUT2D eigenvalue weighted by Crippen LogP contribution is -3.07. The monoisotopic (exact) mass is 279 g/mol. The lowest BCUT2D eigenvalue weighted by Gasteiger charge is -2.20. The SMILES string of the molecule is CCCC[NH+]1CC=c2c3ccccc3n3c(=O)ccc1c23. The number of nitrogens with one attached hydrogen (secondary N) is 1. The van der Waals surface area contributed by atoms with E-state index < -0.39 is 0 Å². The third kappa shape index (κ3) is 1.74. The molecule has 21 heavy (non-hydrogen) atoms. The Balaban J connectivity index is 2.10. The lowest BCUT2D eigenvalue weighted by atomic mass is 10.1. The molecule has 0 fully saturated rings. The zero-order valence-electron chi connectivity index (χ0n) is 12.2. The van der Waals surface area contributed by atoms with Gasteiger partial charge < -0.3 is 0 Å². The van der Waals surface area contributed by atoms with Gasteiger partial charge in [0.2, 0.25) is 0 Å². The topological polar surface area (TPSA) is 25.9 Å². The second-order valence-corrected chi connectivity index (χ2v) is 5.82. The van der Waals surface area contributed by atoms with Gasteiger partial charge in [-0.05, 0) is 18.6 Å². The summed E-state index contributed by atoms with van der Waals surface area (Å²) in [6.07, 6.45) is 4.72. The van der Waals surface area contributed by atoms with Crippen LogP contribution in [0.1, 0.15) is 19.8 Å². The molecule has 3 aromatic rings. The summed E-state index contributed by atoms with van der Waals surface area (Å²) >= 11 is 0. The maximum Gasteiger partial charge on any atom is 0.256 e.